The van der Waals surface area contributed by atoms with Crippen LogP contribution >= 0.6 is 24.8 Å². The standard InChI is InChI=1S/C12H17N3O.2ClH/c1-9-5-7-13-8-11(9)15-12(16)10-4-2-3-6-14-10;;/h5,7-8,10,14H,2-4,6H2,1H3,(H,15,16);2*1H. The van der Waals surface area contributed by atoms with E-state index in [1.54, 1.807) is 12.4 Å². The van der Waals surface area contributed by atoms with Crippen molar-refractivity contribution in [1.82, 2.24) is 10.3 Å². The van der Waals surface area contributed by atoms with E-state index in [1.807, 2.05) is 13.0 Å². The van der Waals surface area contributed by atoms with Crippen LogP contribution in [0, 0.1) is 6.92 Å². The zero-order chi connectivity index (χ0) is 11.4. The molecule has 0 aliphatic carbocycles. The zero-order valence-corrected chi connectivity index (χ0v) is 11.9. The fourth-order valence-electron chi connectivity index (χ4n) is 1.89. The van der Waals surface area contributed by atoms with Gasteiger partial charge in [-0.15, -0.1) is 24.8 Å². The zero-order valence-electron chi connectivity index (χ0n) is 10.3. The van der Waals surface area contributed by atoms with Gasteiger partial charge in [0.05, 0.1) is 17.9 Å². The van der Waals surface area contributed by atoms with Gasteiger partial charge in [-0.1, -0.05) is 6.42 Å². The van der Waals surface area contributed by atoms with E-state index in [0.29, 0.717) is 0 Å². The number of hydrogen-bond acceptors (Lipinski definition) is 3. The molecule has 1 amide bonds. The van der Waals surface area contributed by atoms with Gasteiger partial charge in [-0.05, 0) is 37.9 Å². The summed E-state index contributed by atoms with van der Waals surface area (Å²) in [4.78, 5) is 15.9. The number of rotatable bonds is 2. The van der Waals surface area contributed by atoms with E-state index in [2.05, 4.69) is 15.6 Å². The van der Waals surface area contributed by atoms with Crippen LogP contribution in [0.2, 0.25) is 0 Å². The first-order valence-electron chi connectivity index (χ1n) is 5.72. The maximum atomic E-state index is 11.9. The fraction of sp³-hybridized carbons (Fsp3) is 0.500. The number of aryl methyl sites for hydroxylation is 1. The molecule has 2 heterocycles. The molecular formula is C12H19Cl2N3O. The lowest BCUT2D eigenvalue weighted by molar-refractivity contribution is -0.118. The summed E-state index contributed by atoms with van der Waals surface area (Å²) in [6, 6.07) is 1.84. The third-order valence-electron chi connectivity index (χ3n) is 2.92. The first kappa shape index (κ1) is 17.2. The second-order valence-electron chi connectivity index (χ2n) is 4.18. The molecule has 18 heavy (non-hydrogen) atoms. The molecule has 1 atom stereocenters. The summed E-state index contributed by atoms with van der Waals surface area (Å²) in [5.41, 5.74) is 1.85. The molecule has 1 saturated heterocycles. The SMILES string of the molecule is Cc1ccncc1NC(=O)C1CCCCN1.Cl.Cl. The van der Waals surface area contributed by atoms with Crippen LogP contribution in [0.4, 0.5) is 5.69 Å². The second kappa shape index (κ2) is 8.29. The van der Waals surface area contributed by atoms with Crippen molar-refractivity contribution < 1.29 is 4.79 Å². The molecule has 1 aromatic rings. The predicted octanol–water partition coefficient (Wildman–Crippen LogP) is 2.31. The minimum Gasteiger partial charge on any atom is -0.323 e. The predicted molar refractivity (Wildman–Crippen MR) is 77.7 cm³/mol. The van der Waals surface area contributed by atoms with E-state index in [4.69, 9.17) is 0 Å². The summed E-state index contributed by atoms with van der Waals surface area (Å²) in [6.45, 7) is 2.90. The maximum absolute atomic E-state index is 11.9. The Morgan fingerprint density at radius 2 is 2.22 bits per heavy atom. The van der Waals surface area contributed by atoms with E-state index in [1.165, 1.54) is 0 Å². The quantitative estimate of drug-likeness (QED) is 0.879. The van der Waals surface area contributed by atoms with Crippen LogP contribution in [-0.2, 0) is 4.79 Å². The third-order valence-corrected chi connectivity index (χ3v) is 2.92. The van der Waals surface area contributed by atoms with Gasteiger partial charge >= 0.3 is 0 Å². The van der Waals surface area contributed by atoms with Crippen LogP contribution in [0.1, 0.15) is 24.8 Å². The van der Waals surface area contributed by atoms with Gasteiger partial charge in [0.15, 0.2) is 0 Å². The summed E-state index contributed by atoms with van der Waals surface area (Å²) in [6.07, 6.45) is 6.62. The Morgan fingerprint density at radius 3 is 2.83 bits per heavy atom. The lowest BCUT2D eigenvalue weighted by atomic mass is 10.0. The number of hydrogen-bond donors (Lipinski definition) is 2. The summed E-state index contributed by atoms with van der Waals surface area (Å²) in [7, 11) is 0. The number of piperidine rings is 1. The number of halogens is 2. The number of aromatic nitrogens is 1. The topological polar surface area (TPSA) is 54.0 Å². The van der Waals surface area contributed by atoms with E-state index < -0.39 is 0 Å². The molecule has 1 fully saturated rings. The summed E-state index contributed by atoms with van der Waals surface area (Å²) < 4.78 is 0. The van der Waals surface area contributed by atoms with Crippen LogP contribution in [0.5, 0.6) is 0 Å². The number of carbonyl (C=O) groups excluding carboxylic acids is 1. The van der Waals surface area contributed by atoms with Gasteiger partial charge in [0.1, 0.15) is 0 Å². The molecule has 2 N–H and O–H groups in total. The minimum absolute atomic E-state index is 0. The van der Waals surface area contributed by atoms with Gasteiger partial charge in [-0.2, -0.15) is 0 Å². The molecule has 102 valence electrons. The van der Waals surface area contributed by atoms with Crippen molar-refractivity contribution in [2.75, 3.05) is 11.9 Å². The van der Waals surface area contributed by atoms with Crippen molar-refractivity contribution in [2.45, 2.75) is 32.2 Å². The molecule has 1 aliphatic heterocycles. The normalized spacial score (nSPS) is 18.2. The third kappa shape index (κ3) is 4.44. The maximum Gasteiger partial charge on any atom is 0.241 e. The van der Waals surface area contributed by atoms with Crippen LogP contribution in [0.3, 0.4) is 0 Å². The average Bonchev–Trinajstić information content (AvgIpc) is 2.33. The van der Waals surface area contributed by atoms with Crippen molar-refractivity contribution in [1.29, 1.82) is 0 Å². The van der Waals surface area contributed by atoms with E-state index in [-0.39, 0.29) is 36.8 Å². The highest BCUT2D eigenvalue weighted by molar-refractivity contribution is 5.95. The molecule has 2 rings (SSSR count). The van der Waals surface area contributed by atoms with Crippen LogP contribution < -0.4 is 10.6 Å². The first-order valence-corrected chi connectivity index (χ1v) is 5.72. The molecule has 0 aromatic carbocycles. The Hall–Kier alpha value is -0.840. The van der Waals surface area contributed by atoms with Gasteiger partial charge in [0, 0.05) is 6.20 Å². The highest BCUT2D eigenvalue weighted by atomic mass is 35.5. The van der Waals surface area contributed by atoms with Crippen LogP contribution in [0.25, 0.3) is 0 Å². The van der Waals surface area contributed by atoms with E-state index in [0.717, 1.165) is 37.1 Å². The molecule has 6 heteroatoms. The Labute approximate surface area is 120 Å². The Kier molecular flexibility index (Phi) is 7.91. The summed E-state index contributed by atoms with van der Waals surface area (Å²) in [5.74, 6) is 0.0517. The number of amides is 1. The van der Waals surface area contributed by atoms with Crippen LogP contribution in [-0.4, -0.2) is 23.5 Å². The largest absolute Gasteiger partial charge is 0.323 e. The summed E-state index contributed by atoms with van der Waals surface area (Å²) in [5, 5.41) is 6.14. The minimum atomic E-state index is -0.0478. The Morgan fingerprint density at radius 1 is 1.44 bits per heavy atom. The summed E-state index contributed by atoms with van der Waals surface area (Å²) >= 11 is 0. The van der Waals surface area contributed by atoms with Crippen molar-refractivity contribution in [2.24, 2.45) is 0 Å². The molecule has 0 spiro atoms. The number of anilines is 1. The average molecular weight is 292 g/mol. The number of carbonyl (C=O) groups is 1. The molecule has 4 nitrogen and oxygen atoms in total. The van der Waals surface area contributed by atoms with Crippen molar-refractivity contribution >= 4 is 36.4 Å². The fourth-order valence-corrected chi connectivity index (χ4v) is 1.89. The van der Waals surface area contributed by atoms with Crippen LogP contribution in [0.15, 0.2) is 18.5 Å². The lowest BCUT2D eigenvalue weighted by Crippen LogP contribution is -2.43. The Bertz CT molecular complexity index is 381. The number of pyridine rings is 1. The van der Waals surface area contributed by atoms with Gasteiger partial charge in [-0.3, -0.25) is 9.78 Å². The second-order valence-corrected chi connectivity index (χ2v) is 4.18. The highest BCUT2D eigenvalue weighted by Crippen LogP contribution is 2.14. The highest BCUT2D eigenvalue weighted by Gasteiger charge is 2.20. The molecule has 1 aromatic heterocycles. The monoisotopic (exact) mass is 291 g/mol. The smallest absolute Gasteiger partial charge is 0.241 e. The van der Waals surface area contributed by atoms with Crippen molar-refractivity contribution in [3.8, 4) is 0 Å². The number of nitrogens with zero attached hydrogens (tertiary/aromatic N) is 1. The van der Waals surface area contributed by atoms with Gasteiger partial charge in [-0.25, -0.2) is 0 Å². The van der Waals surface area contributed by atoms with E-state index >= 15 is 0 Å². The van der Waals surface area contributed by atoms with Crippen molar-refractivity contribution in [3.05, 3.63) is 24.0 Å². The molecule has 0 radical (unpaired) electrons. The molecular weight excluding hydrogens is 273 g/mol. The van der Waals surface area contributed by atoms with Gasteiger partial charge < -0.3 is 10.6 Å². The first-order chi connectivity index (χ1) is 7.77. The molecule has 1 aliphatic rings. The van der Waals surface area contributed by atoms with E-state index in [9.17, 15) is 4.79 Å². The Balaban J connectivity index is 0.00000144. The van der Waals surface area contributed by atoms with Gasteiger partial charge in [0.2, 0.25) is 5.91 Å². The van der Waals surface area contributed by atoms with Crippen molar-refractivity contribution in [3.63, 3.8) is 0 Å². The molecule has 0 saturated carbocycles. The van der Waals surface area contributed by atoms with Gasteiger partial charge in [0.25, 0.3) is 0 Å². The number of nitrogens with one attached hydrogen (secondary N) is 2. The molecule has 0 bridgehead atoms. The lowest BCUT2D eigenvalue weighted by Gasteiger charge is -2.22. The molecule has 1 unspecified atom stereocenters.